The highest BCUT2D eigenvalue weighted by molar-refractivity contribution is 4.86. The van der Waals surface area contributed by atoms with Crippen LogP contribution in [0.5, 0.6) is 0 Å². The maximum absolute atomic E-state index is 4.02. The monoisotopic (exact) mass is 550 g/mol. The van der Waals surface area contributed by atoms with Gasteiger partial charge in [-0.2, -0.15) is 0 Å². The zero-order valence-electron chi connectivity index (χ0n) is 29.7. The molecule has 0 amide bonds. The first-order chi connectivity index (χ1) is 18.4. The molecule has 0 spiro atoms. The van der Waals surface area contributed by atoms with Crippen LogP contribution in [0.15, 0.2) is 24.8 Å². The molecule has 4 unspecified atom stereocenters. The number of hydrogen-bond donors (Lipinski definition) is 1. The first-order valence-electron chi connectivity index (χ1n) is 17.4. The Kier molecular flexibility index (Phi) is 31.8. The average Bonchev–Trinajstić information content (AvgIpc) is 2.86. The Balaban J connectivity index is -0.00000126. The Morgan fingerprint density at radius 3 is 2.03 bits per heavy atom. The van der Waals surface area contributed by atoms with Crippen LogP contribution in [0.1, 0.15) is 179 Å². The average molecular weight is 550 g/mol. The fraction of sp³-hybridized carbons (Fsp3) is 0.895. The minimum Gasteiger partial charge on any atom is -0.314 e. The quantitative estimate of drug-likeness (QED) is 0.282. The number of hydrogen-bond acceptors (Lipinski definition) is 1. The van der Waals surface area contributed by atoms with Crippen molar-refractivity contribution in [2.24, 2.45) is 29.1 Å². The zero-order valence-corrected chi connectivity index (χ0v) is 29.7. The van der Waals surface area contributed by atoms with Crippen molar-refractivity contribution < 1.29 is 0 Å². The van der Waals surface area contributed by atoms with E-state index in [0.717, 1.165) is 29.7 Å². The van der Waals surface area contributed by atoms with Gasteiger partial charge in [0.15, 0.2) is 0 Å². The van der Waals surface area contributed by atoms with Crippen molar-refractivity contribution in [3.63, 3.8) is 0 Å². The molecule has 0 radical (unpaired) electrons. The summed E-state index contributed by atoms with van der Waals surface area (Å²) in [5.41, 5.74) is 1.69. The summed E-state index contributed by atoms with van der Waals surface area (Å²) in [5, 5.41) is 4.02. The summed E-state index contributed by atoms with van der Waals surface area (Å²) in [6.45, 7) is 35.2. The van der Waals surface area contributed by atoms with Gasteiger partial charge in [0.2, 0.25) is 0 Å². The molecular formula is C38H79N. The van der Waals surface area contributed by atoms with Crippen LogP contribution in [0.3, 0.4) is 0 Å². The van der Waals surface area contributed by atoms with Gasteiger partial charge in [-0.05, 0) is 101 Å². The molecule has 0 aliphatic carbocycles. The molecule has 1 heteroatoms. The zero-order chi connectivity index (χ0) is 30.7. The number of allylic oxidation sites excluding steroid dienone is 2. The molecule has 0 aromatic carbocycles. The van der Waals surface area contributed by atoms with Gasteiger partial charge in [-0.3, -0.25) is 0 Å². The second kappa shape index (κ2) is 29.0. The summed E-state index contributed by atoms with van der Waals surface area (Å²) in [6, 6.07) is 0.737. The molecule has 0 aromatic rings. The van der Waals surface area contributed by atoms with E-state index < -0.39 is 0 Å². The van der Waals surface area contributed by atoms with Gasteiger partial charge in [0.1, 0.15) is 0 Å². The number of rotatable bonds is 9. The molecular weight excluding hydrogens is 470 g/mol. The van der Waals surface area contributed by atoms with Gasteiger partial charge in [-0.25, -0.2) is 0 Å². The minimum atomic E-state index is 0.524. The molecule has 5 atom stereocenters. The SMILES string of the molecule is C=C(C)C.C=CC.CC.CCCC1CCCCC(C)CCCN[C@@H](CCCC(C)CC)CCC1(C)CC(C)C. The minimum absolute atomic E-state index is 0.524. The summed E-state index contributed by atoms with van der Waals surface area (Å²) < 4.78 is 0. The molecule has 39 heavy (non-hydrogen) atoms. The summed E-state index contributed by atoms with van der Waals surface area (Å²) in [6.07, 6.45) is 22.9. The van der Waals surface area contributed by atoms with E-state index in [4.69, 9.17) is 0 Å². The fourth-order valence-corrected chi connectivity index (χ4v) is 6.15. The third-order valence-corrected chi connectivity index (χ3v) is 8.31. The normalized spacial score (nSPS) is 25.3. The molecule has 1 fully saturated rings. The molecule has 1 heterocycles. The van der Waals surface area contributed by atoms with E-state index in [1.807, 2.05) is 34.6 Å². The largest absolute Gasteiger partial charge is 0.314 e. The predicted octanol–water partition coefficient (Wildman–Crippen LogP) is 13.2. The molecule has 0 bridgehead atoms. The maximum Gasteiger partial charge on any atom is 0.00672 e. The van der Waals surface area contributed by atoms with Crippen molar-refractivity contribution in [1.82, 2.24) is 5.32 Å². The summed E-state index contributed by atoms with van der Waals surface area (Å²) in [7, 11) is 0. The van der Waals surface area contributed by atoms with Gasteiger partial charge in [-0.1, -0.05) is 125 Å². The highest BCUT2D eigenvalue weighted by atomic mass is 14.9. The summed E-state index contributed by atoms with van der Waals surface area (Å²) >= 11 is 0. The van der Waals surface area contributed by atoms with Crippen LogP contribution in [0.2, 0.25) is 0 Å². The van der Waals surface area contributed by atoms with E-state index in [-0.39, 0.29) is 0 Å². The van der Waals surface area contributed by atoms with Crippen molar-refractivity contribution >= 4 is 0 Å². The van der Waals surface area contributed by atoms with E-state index in [1.54, 1.807) is 6.08 Å². The van der Waals surface area contributed by atoms with Crippen LogP contribution in [-0.4, -0.2) is 12.6 Å². The molecule has 0 aromatic heterocycles. The molecule has 1 rings (SSSR count). The van der Waals surface area contributed by atoms with Crippen molar-refractivity contribution in [2.45, 2.75) is 185 Å². The Bertz CT molecular complexity index is 517. The lowest BCUT2D eigenvalue weighted by Crippen LogP contribution is -2.35. The van der Waals surface area contributed by atoms with Crippen molar-refractivity contribution in [2.75, 3.05) is 6.54 Å². The lowest BCUT2D eigenvalue weighted by Gasteiger charge is -2.41. The van der Waals surface area contributed by atoms with Crippen molar-refractivity contribution in [3.05, 3.63) is 24.8 Å². The van der Waals surface area contributed by atoms with Gasteiger partial charge >= 0.3 is 0 Å². The second-order valence-electron chi connectivity index (χ2n) is 13.5. The van der Waals surface area contributed by atoms with E-state index in [9.17, 15) is 0 Å². The van der Waals surface area contributed by atoms with Crippen molar-refractivity contribution in [1.29, 1.82) is 0 Å². The van der Waals surface area contributed by atoms with Crippen LogP contribution in [0.25, 0.3) is 0 Å². The third-order valence-electron chi connectivity index (χ3n) is 8.31. The first kappa shape index (κ1) is 42.9. The van der Waals surface area contributed by atoms with Crippen molar-refractivity contribution in [3.8, 4) is 0 Å². The Morgan fingerprint density at radius 1 is 0.974 bits per heavy atom. The Morgan fingerprint density at radius 2 is 1.51 bits per heavy atom. The van der Waals surface area contributed by atoms with Crippen LogP contribution >= 0.6 is 0 Å². The first-order valence-corrected chi connectivity index (χ1v) is 17.4. The molecule has 1 saturated heterocycles. The van der Waals surface area contributed by atoms with E-state index in [1.165, 1.54) is 108 Å². The standard InChI is InChI=1S/C29H59N.C4H8.C3H6.C2H6/c1-8-14-27-18-11-10-15-26(6)17-13-22-30-28(19-12-16-25(5)9-2)20-21-29(27,7)23-24(3)4;1-4(2)3;1-3-2;1-2/h24-28,30H,8-23H2,1-7H3;1H2,2-3H3;3H,1H2,2H3;1-2H3/t25?,26?,27?,28-,29?;;;/m0.../s1. The second-order valence-corrected chi connectivity index (χ2v) is 13.5. The van der Waals surface area contributed by atoms with Gasteiger partial charge in [0.25, 0.3) is 0 Å². The molecule has 1 nitrogen and oxygen atoms in total. The molecule has 236 valence electrons. The molecule has 1 aliphatic heterocycles. The van der Waals surface area contributed by atoms with Gasteiger partial charge in [0.05, 0.1) is 0 Å². The highest BCUT2D eigenvalue weighted by Gasteiger charge is 2.34. The fourth-order valence-electron chi connectivity index (χ4n) is 6.15. The lowest BCUT2D eigenvalue weighted by molar-refractivity contribution is 0.102. The van der Waals surface area contributed by atoms with Gasteiger partial charge < -0.3 is 5.32 Å². The smallest absolute Gasteiger partial charge is 0.00672 e. The van der Waals surface area contributed by atoms with Crippen LogP contribution in [-0.2, 0) is 0 Å². The van der Waals surface area contributed by atoms with Gasteiger partial charge in [-0.15, -0.1) is 13.2 Å². The molecule has 0 saturated carbocycles. The van der Waals surface area contributed by atoms with Crippen LogP contribution in [0.4, 0.5) is 0 Å². The molecule has 1 aliphatic rings. The highest BCUT2D eigenvalue weighted by Crippen LogP contribution is 2.44. The summed E-state index contributed by atoms with van der Waals surface area (Å²) in [5.74, 6) is 3.53. The van der Waals surface area contributed by atoms with E-state index in [2.05, 4.69) is 66.9 Å². The van der Waals surface area contributed by atoms with E-state index in [0.29, 0.717) is 5.41 Å². The van der Waals surface area contributed by atoms with Crippen LogP contribution in [0, 0.1) is 29.1 Å². The van der Waals surface area contributed by atoms with Crippen LogP contribution < -0.4 is 5.32 Å². The summed E-state index contributed by atoms with van der Waals surface area (Å²) in [4.78, 5) is 0. The molecule has 1 N–H and O–H groups in total. The Labute approximate surface area is 250 Å². The Hall–Kier alpha value is -0.560. The lowest BCUT2D eigenvalue weighted by atomic mass is 9.65. The third kappa shape index (κ3) is 27.4. The maximum atomic E-state index is 4.02. The predicted molar refractivity (Wildman–Crippen MR) is 185 cm³/mol. The number of nitrogens with one attached hydrogen (secondary N) is 1. The van der Waals surface area contributed by atoms with Gasteiger partial charge in [0, 0.05) is 6.04 Å². The van der Waals surface area contributed by atoms with E-state index >= 15 is 0 Å². The topological polar surface area (TPSA) is 12.0 Å².